The molecule has 0 aliphatic rings. The molecule has 0 unspecified atom stereocenters. The van der Waals surface area contributed by atoms with Gasteiger partial charge in [-0.25, -0.2) is 19.9 Å². The van der Waals surface area contributed by atoms with E-state index in [1.54, 1.807) is 12.4 Å². The number of rotatable bonds is 4. The minimum Gasteiger partial charge on any atom is -0.291 e. The molecule has 184 valence electrons. The third-order valence-electron chi connectivity index (χ3n) is 6.29. The monoisotopic (exact) mass is 718 g/mol. The topological polar surface area (TPSA) is 61.4 Å². The maximum Gasteiger partial charge on any atom is 0.178 e. The summed E-state index contributed by atoms with van der Waals surface area (Å²) in [5.74, 6) is 1.69. The molecule has 0 atom stereocenters. The number of fused-ring (bicyclic) bond motifs is 2. The lowest BCUT2D eigenvalue weighted by molar-refractivity contribution is 1.10. The zero-order valence-electron chi connectivity index (χ0n) is 20.0. The van der Waals surface area contributed by atoms with Gasteiger partial charge in [0, 0.05) is 72.1 Å². The van der Waals surface area contributed by atoms with E-state index in [2.05, 4.69) is 117 Å². The Morgan fingerprint density at radius 2 is 0.842 bits per heavy atom. The lowest BCUT2D eigenvalue weighted by Crippen LogP contribution is -1.98. The van der Waals surface area contributed by atoms with E-state index in [4.69, 9.17) is 9.97 Å². The van der Waals surface area contributed by atoms with Gasteiger partial charge in [-0.3, -0.25) is 9.13 Å². The molecule has 38 heavy (non-hydrogen) atoms. The molecule has 4 heterocycles. The van der Waals surface area contributed by atoms with Crippen LogP contribution < -0.4 is 0 Å². The van der Waals surface area contributed by atoms with Crippen molar-refractivity contribution in [2.24, 2.45) is 0 Å². The number of benzene rings is 3. The molecule has 3 aromatic carbocycles. The molecule has 0 amide bonds. The van der Waals surface area contributed by atoms with Crippen LogP contribution >= 0.6 is 37.2 Å². The molecule has 0 aliphatic heterocycles. The number of imidazole rings is 2. The van der Waals surface area contributed by atoms with Crippen LogP contribution in [0.25, 0.3) is 56.5 Å². The van der Waals surface area contributed by atoms with Crippen molar-refractivity contribution in [2.45, 2.75) is 0 Å². The van der Waals surface area contributed by atoms with Crippen LogP contribution in [0.3, 0.4) is 0 Å². The Balaban J connectivity index is 0.00000129. The zero-order chi connectivity index (χ0) is 25.9. The second-order valence-corrected chi connectivity index (χ2v) is 8.48. The predicted octanol–water partition coefficient (Wildman–Crippen LogP) is 8.26. The van der Waals surface area contributed by atoms with E-state index >= 15 is 0 Å². The third kappa shape index (κ3) is 4.47. The average Bonchev–Trinajstić information content (AvgIpc) is 3.58. The summed E-state index contributed by atoms with van der Waals surface area (Å²) in [5, 5.41) is 0. The molecule has 0 spiro atoms. The maximum atomic E-state index is 4.88. The minimum absolute atomic E-state index is 0.720. The highest BCUT2D eigenvalue weighted by Gasteiger charge is 2.17. The second kappa shape index (κ2) is 11.0. The molecule has 7 aromatic rings. The van der Waals surface area contributed by atoms with Crippen molar-refractivity contribution in [1.82, 2.24) is 29.1 Å². The second-order valence-electron chi connectivity index (χ2n) is 8.48. The lowest BCUT2D eigenvalue weighted by atomic mass is 10.1. The molecule has 4 aromatic heterocycles. The van der Waals surface area contributed by atoms with Crippen LogP contribution in [0.2, 0.25) is 0 Å². The van der Waals surface area contributed by atoms with Crippen molar-refractivity contribution in [3.05, 3.63) is 122 Å². The van der Waals surface area contributed by atoms with Gasteiger partial charge < -0.3 is 0 Å². The number of halogens is 2. The van der Waals surface area contributed by atoms with E-state index < -0.39 is 0 Å². The van der Waals surface area contributed by atoms with Crippen LogP contribution in [0.15, 0.2) is 122 Å². The zero-order valence-corrected chi connectivity index (χ0v) is 24.3. The lowest BCUT2D eigenvalue weighted by Gasteiger charge is -2.11. The first-order valence-corrected chi connectivity index (χ1v) is 18.2. The van der Waals surface area contributed by atoms with E-state index in [1.165, 1.54) is 0 Å². The van der Waals surface area contributed by atoms with Crippen LogP contribution in [0.1, 0.15) is 0 Å². The number of pyridine rings is 2. The van der Waals surface area contributed by atoms with Crippen LogP contribution in [-0.2, 0) is 0 Å². The van der Waals surface area contributed by atoms with Crippen LogP contribution in [0.5, 0.6) is 0 Å². The standard InChI is InChI=1S/C30H20N6.I2/c1-3-9-23(10-4-1)35-25-13-7-19-31-27(25)33-29(35)21-15-17-22(18-16-21)30-34-28-26(14-8-20-32-28)36(30)24-11-5-2-6-12-24;1-2/h1-20H;. The fourth-order valence-electron chi connectivity index (χ4n) is 4.66. The van der Waals surface area contributed by atoms with E-state index in [-0.39, 0.29) is 0 Å². The van der Waals surface area contributed by atoms with Crippen molar-refractivity contribution in [3.8, 4) is 34.2 Å². The first kappa shape index (κ1) is 24.7. The van der Waals surface area contributed by atoms with Crippen molar-refractivity contribution in [2.75, 3.05) is 0 Å². The highest BCUT2D eigenvalue weighted by Crippen LogP contribution is 2.31. The highest BCUT2D eigenvalue weighted by atomic mass is 128. The van der Waals surface area contributed by atoms with Crippen molar-refractivity contribution in [1.29, 1.82) is 0 Å². The van der Waals surface area contributed by atoms with Gasteiger partial charge in [-0.15, -0.1) is 0 Å². The first-order valence-electron chi connectivity index (χ1n) is 11.9. The van der Waals surface area contributed by atoms with Gasteiger partial charge >= 0.3 is 0 Å². The molecule has 0 radical (unpaired) electrons. The summed E-state index contributed by atoms with van der Waals surface area (Å²) in [4.78, 5) is 18.8. The number of aromatic nitrogens is 6. The predicted molar refractivity (Wildman–Crippen MR) is 170 cm³/mol. The van der Waals surface area contributed by atoms with E-state index in [9.17, 15) is 0 Å². The van der Waals surface area contributed by atoms with Gasteiger partial charge in [0.25, 0.3) is 0 Å². The molecule has 0 aliphatic carbocycles. The average molecular weight is 718 g/mol. The highest BCUT2D eigenvalue weighted by molar-refractivity contribution is 15.0. The molecule has 6 nitrogen and oxygen atoms in total. The number of hydrogen-bond acceptors (Lipinski definition) is 4. The summed E-state index contributed by atoms with van der Waals surface area (Å²) in [6, 6.07) is 36.9. The van der Waals surface area contributed by atoms with Gasteiger partial charge in [0.1, 0.15) is 11.6 Å². The molecular weight excluding hydrogens is 698 g/mol. The van der Waals surface area contributed by atoms with E-state index in [1.807, 2.05) is 48.5 Å². The van der Waals surface area contributed by atoms with Crippen molar-refractivity contribution < 1.29 is 0 Å². The van der Waals surface area contributed by atoms with Crippen molar-refractivity contribution in [3.63, 3.8) is 0 Å². The largest absolute Gasteiger partial charge is 0.291 e. The van der Waals surface area contributed by atoms with Gasteiger partial charge in [0.15, 0.2) is 11.3 Å². The quantitative estimate of drug-likeness (QED) is 0.172. The Morgan fingerprint density at radius 3 is 1.24 bits per heavy atom. The minimum atomic E-state index is 0.720. The van der Waals surface area contributed by atoms with Gasteiger partial charge in [-0.2, -0.15) is 0 Å². The molecular formula is C30H20I2N6. The summed E-state index contributed by atoms with van der Waals surface area (Å²) in [5.41, 5.74) is 7.48. The van der Waals surface area contributed by atoms with Crippen LogP contribution in [0, 0.1) is 0 Å². The molecule has 0 N–H and O–H groups in total. The number of para-hydroxylation sites is 2. The Bertz CT molecular complexity index is 1690. The third-order valence-corrected chi connectivity index (χ3v) is 6.29. The number of nitrogens with zero attached hydrogens (tertiary/aromatic N) is 6. The summed E-state index contributed by atoms with van der Waals surface area (Å²) < 4.78 is 4.31. The molecule has 0 saturated heterocycles. The number of hydrogen-bond donors (Lipinski definition) is 0. The molecule has 0 fully saturated rings. The van der Waals surface area contributed by atoms with Gasteiger partial charge in [-0.1, -0.05) is 60.7 Å². The smallest absolute Gasteiger partial charge is 0.178 e. The van der Waals surface area contributed by atoms with Crippen LogP contribution in [0.4, 0.5) is 0 Å². The Kier molecular flexibility index (Phi) is 7.14. The molecule has 7 rings (SSSR count). The summed E-state index contributed by atoms with van der Waals surface area (Å²) in [6.07, 6.45) is 3.55. The Morgan fingerprint density at radius 1 is 0.447 bits per heavy atom. The van der Waals surface area contributed by atoms with Gasteiger partial charge in [0.05, 0.1) is 11.0 Å². The van der Waals surface area contributed by atoms with Gasteiger partial charge in [-0.05, 0) is 48.5 Å². The summed E-state index contributed by atoms with van der Waals surface area (Å²) in [6.45, 7) is 0. The SMILES string of the molecule is II.c1ccc(-n2c(-c3ccc(-c4nc5ncccc5n4-c4ccccc4)cc3)nc3ncccc32)cc1. The van der Waals surface area contributed by atoms with E-state index in [0.717, 1.165) is 56.5 Å². The van der Waals surface area contributed by atoms with Gasteiger partial charge in [0.2, 0.25) is 0 Å². The maximum absolute atomic E-state index is 4.88. The Hall–Kier alpha value is -3.64. The fourth-order valence-corrected chi connectivity index (χ4v) is 4.66. The summed E-state index contributed by atoms with van der Waals surface area (Å²) >= 11 is 4.24. The van der Waals surface area contributed by atoms with E-state index in [0.29, 0.717) is 0 Å². The van der Waals surface area contributed by atoms with Crippen LogP contribution in [-0.4, -0.2) is 29.1 Å². The fraction of sp³-hybridized carbons (Fsp3) is 0. The molecule has 8 heteroatoms. The molecule has 0 bridgehead atoms. The first-order chi connectivity index (χ1) is 18.9. The normalized spacial score (nSPS) is 10.9. The van der Waals surface area contributed by atoms with Crippen molar-refractivity contribution >= 4 is 59.6 Å². The molecule has 0 saturated carbocycles. The Labute approximate surface area is 242 Å². The summed E-state index contributed by atoms with van der Waals surface area (Å²) in [7, 11) is 0.